The van der Waals surface area contributed by atoms with Gasteiger partial charge in [-0.3, -0.25) is 0 Å². The molecule has 0 spiro atoms. The fraction of sp³-hybridized carbons (Fsp3) is 0.688. The molecule has 2 aliphatic rings. The molecule has 3 rings (SSSR count). The molecular weight excluding hydrogens is 284 g/mol. The minimum Gasteiger partial charge on any atom is -0.353 e. The summed E-state index contributed by atoms with van der Waals surface area (Å²) in [5, 5.41) is 4.27. The molecule has 1 N–H and O–H groups in total. The Balaban J connectivity index is 1.67. The quantitative estimate of drug-likeness (QED) is 0.905. The predicted molar refractivity (Wildman–Crippen MR) is 88.0 cm³/mol. The van der Waals surface area contributed by atoms with Crippen molar-refractivity contribution in [3.8, 4) is 0 Å². The van der Waals surface area contributed by atoms with E-state index in [1.54, 1.807) is 0 Å². The molecule has 2 unspecified atom stereocenters. The fourth-order valence-electron chi connectivity index (χ4n) is 3.14. The van der Waals surface area contributed by atoms with E-state index in [1.165, 1.54) is 18.4 Å². The maximum absolute atomic E-state index is 6.47. The second-order valence-electron chi connectivity index (χ2n) is 6.72. The van der Waals surface area contributed by atoms with Gasteiger partial charge in [0.05, 0.1) is 5.02 Å². The van der Waals surface area contributed by atoms with Gasteiger partial charge in [0.15, 0.2) is 0 Å². The Hall–Kier alpha value is -0.840. The first-order chi connectivity index (χ1) is 10.0. The van der Waals surface area contributed by atoms with Crippen LogP contribution in [-0.4, -0.2) is 49.2 Å². The van der Waals surface area contributed by atoms with Crippen molar-refractivity contribution in [2.45, 2.75) is 38.4 Å². The summed E-state index contributed by atoms with van der Waals surface area (Å²) in [5.41, 5.74) is 1.17. The molecule has 116 valence electrons. The summed E-state index contributed by atoms with van der Waals surface area (Å²) in [6, 6.07) is 3.34. The molecule has 2 atom stereocenters. The standard InChI is InChI=1S/C16H25ClN4/c1-11-9-21(10-15(11)20(2)3)16-14(17)6-12(8-19-16)7-18-13-4-5-13/h6,8,11,13,15,18H,4-5,7,9-10H2,1-3H3. The minimum absolute atomic E-state index is 0.569. The lowest BCUT2D eigenvalue weighted by Crippen LogP contribution is -2.34. The maximum Gasteiger partial charge on any atom is 0.147 e. The first kappa shape index (κ1) is 15.1. The van der Waals surface area contributed by atoms with Crippen molar-refractivity contribution in [3.05, 3.63) is 22.8 Å². The van der Waals surface area contributed by atoms with Crippen molar-refractivity contribution < 1.29 is 0 Å². The third kappa shape index (κ3) is 3.50. The van der Waals surface area contributed by atoms with Crippen molar-refractivity contribution in [1.82, 2.24) is 15.2 Å². The van der Waals surface area contributed by atoms with Crippen molar-refractivity contribution >= 4 is 17.4 Å². The van der Waals surface area contributed by atoms with Crippen LogP contribution >= 0.6 is 11.6 Å². The number of anilines is 1. The average Bonchev–Trinajstić information content (AvgIpc) is 3.18. The minimum atomic E-state index is 0.569. The van der Waals surface area contributed by atoms with E-state index in [-0.39, 0.29) is 0 Å². The Morgan fingerprint density at radius 1 is 1.38 bits per heavy atom. The highest BCUT2D eigenvalue weighted by Gasteiger charge is 2.32. The van der Waals surface area contributed by atoms with Gasteiger partial charge in [0.2, 0.25) is 0 Å². The van der Waals surface area contributed by atoms with Crippen LogP contribution in [0.15, 0.2) is 12.3 Å². The van der Waals surface area contributed by atoms with Gasteiger partial charge in [0.1, 0.15) is 5.82 Å². The first-order valence-electron chi connectivity index (χ1n) is 7.83. The number of hydrogen-bond acceptors (Lipinski definition) is 4. The lowest BCUT2D eigenvalue weighted by atomic mass is 10.1. The van der Waals surface area contributed by atoms with Crippen LogP contribution in [-0.2, 0) is 6.54 Å². The Morgan fingerprint density at radius 3 is 2.71 bits per heavy atom. The van der Waals surface area contributed by atoms with E-state index in [1.807, 2.05) is 6.20 Å². The van der Waals surface area contributed by atoms with Gasteiger partial charge in [0, 0.05) is 37.9 Å². The van der Waals surface area contributed by atoms with Crippen molar-refractivity contribution in [2.24, 2.45) is 5.92 Å². The summed E-state index contributed by atoms with van der Waals surface area (Å²) in [5.74, 6) is 1.57. The van der Waals surface area contributed by atoms with E-state index in [4.69, 9.17) is 11.6 Å². The molecular formula is C16H25ClN4. The van der Waals surface area contributed by atoms with E-state index in [0.29, 0.717) is 18.0 Å². The van der Waals surface area contributed by atoms with Crippen LogP contribution in [0.5, 0.6) is 0 Å². The van der Waals surface area contributed by atoms with Gasteiger partial charge in [-0.25, -0.2) is 4.98 Å². The molecule has 2 heterocycles. The van der Waals surface area contributed by atoms with E-state index < -0.39 is 0 Å². The van der Waals surface area contributed by atoms with E-state index in [0.717, 1.165) is 30.5 Å². The Bertz CT molecular complexity index is 501. The first-order valence-corrected chi connectivity index (χ1v) is 8.21. The van der Waals surface area contributed by atoms with E-state index in [2.05, 4.69) is 47.2 Å². The van der Waals surface area contributed by atoms with E-state index in [9.17, 15) is 0 Å². The molecule has 0 aromatic carbocycles. The molecule has 1 saturated carbocycles. The summed E-state index contributed by atoms with van der Waals surface area (Å²) in [6.07, 6.45) is 4.57. The molecule has 0 amide bonds. The van der Waals surface area contributed by atoms with Gasteiger partial charge in [-0.15, -0.1) is 0 Å². The van der Waals surface area contributed by atoms with Crippen LogP contribution in [0, 0.1) is 5.92 Å². The second-order valence-corrected chi connectivity index (χ2v) is 7.12. The molecule has 0 radical (unpaired) electrons. The number of rotatable bonds is 5. The summed E-state index contributed by atoms with van der Waals surface area (Å²) in [7, 11) is 4.29. The zero-order valence-electron chi connectivity index (χ0n) is 13.1. The molecule has 1 aliphatic carbocycles. The molecule has 0 bridgehead atoms. The Morgan fingerprint density at radius 2 is 2.14 bits per heavy atom. The zero-order valence-corrected chi connectivity index (χ0v) is 13.9. The fourth-order valence-corrected chi connectivity index (χ4v) is 3.45. The van der Waals surface area contributed by atoms with Crippen LogP contribution in [0.2, 0.25) is 5.02 Å². The summed E-state index contributed by atoms with van der Waals surface area (Å²) < 4.78 is 0. The number of likely N-dealkylation sites (N-methyl/N-ethyl adjacent to an activating group) is 1. The van der Waals surface area contributed by atoms with E-state index >= 15 is 0 Å². The number of hydrogen-bond donors (Lipinski definition) is 1. The molecule has 21 heavy (non-hydrogen) atoms. The number of nitrogens with one attached hydrogen (secondary N) is 1. The average molecular weight is 309 g/mol. The SMILES string of the molecule is CC1CN(c2ncc(CNC3CC3)cc2Cl)CC1N(C)C. The van der Waals surface area contributed by atoms with Crippen LogP contribution in [0.1, 0.15) is 25.3 Å². The molecule has 1 aromatic heterocycles. The van der Waals surface area contributed by atoms with Crippen LogP contribution in [0.4, 0.5) is 5.82 Å². The number of nitrogens with zero attached hydrogens (tertiary/aromatic N) is 3. The number of aromatic nitrogens is 1. The molecule has 1 aromatic rings. The smallest absolute Gasteiger partial charge is 0.147 e. The Kier molecular flexibility index (Phi) is 4.38. The van der Waals surface area contributed by atoms with Crippen molar-refractivity contribution in [1.29, 1.82) is 0 Å². The normalized spacial score (nSPS) is 25.9. The molecule has 1 saturated heterocycles. The highest BCUT2D eigenvalue weighted by atomic mass is 35.5. The lowest BCUT2D eigenvalue weighted by molar-refractivity contribution is 0.266. The summed E-state index contributed by atoms with van der Waals surface area (Å²) >= 11 is 6.47. The van der Waals surface area contributed by atoms with Gasteiger partial charge in [-0.05, 0) is 44.5 Å². The predicted octanol–water partition coefficient (Wildman–Crippen LogP) is 2.37. The molecule has 4 nitrogen and oxygen atoms in total. The lowest BCUT2D eigenvalue weighted by Gasteiger charge is -2.23. The van der Waals surface area contributed by atoms with Crippen molar-refractivity contribution in [2.75, 3.05) is 32.1 Å². The topological polar surface area (TPSA) is 31.4 Å². The van der Waals surface area contributed by atoms with Gasteiger partial charge in [-0.1, -0.05) is 18.5 Å². The zero-order chi connectivity index (χ0) is 15.0. The van der Waals surface area contributed by atoms with Crippen molar-refractivity contribution in [3.63, 3.8) is 0 Å². The monoisotopic (exact) mass is 308 g/mol. The van der Waals surface area contributed by atoms with Gasteiger partial charge < -0.3 is 15.1 Å². The number of pyridine rings is 1. The van der Waals surface area contributed by atoms with Gasteiger partial charge in [0.25, 0.3) is 0 Å². The summed E-state index contributed by atoms with van der Waals surface area (Å²) in [4.78, 5) is 9.24. The maximum atomic E-state index is 6.47. The van der Waals surface area contributed by atoms with Crippen LogP contribution in [0.3, 0.4) is 0 Å². The van der Waals surface area contributed by atoms with Gasteiger partial charge in [-0.2, -0.15) is 0 Å². The Labute approximate surface area is 132 Å². The highest BCUT2D eigenvalue weighted by Crippen LogP contribution is 2.30. The van der Waals surface area contributed by atoms with Crippen LogP contribution < -0.4 is 10.2 Å². The third-order valence-corrected chi connectivity index (χ3v) is 4.86. The van der Waals surface area contributed by atoms with Crippen LogP contribution in [0.25, 0.3) is 0 Å². The molecule has 5 heteroatoms. The molecule has 2 fully saturated rings. The second kappa shape index (κ2) is 6.11. The largest absolute Gasteiger partial charge is 0.353 e. The number of halogens is 1. The van der Waals surface area contributed by atoms with Gasteiger partial charge >= 0.3 is 0 Å². The summed E-state index contributed by atoms with van der Waals surface area (Å²) in [6.45, 7) is 5.19. The third-order valence-electron chi connectivity index (χ3n) is 4.59. The molecule has 1 aliphatic heterocycles. The highest BCUT2D eigenvalue weighted by molar-refractivity contribution is 6.33.